The number of carbonyl (C=O) groups excluding carboxylic acids is 2. The van der Waals surface area contributed by atoms with Crippen LogP contribution < -0.4 is 4.74 Å². The number of furan rings is 1. The van der Waals surface area contributed by atoms with E-state index in [0.29, 0.717) is 16.9 Å². The van der Waals surface area contributed by atoms with Crippen molar-refractivity contribution in [1.29, 1.82) is 0 Å². The van der Waals surface area contributed by atoms with Crippen LogP contribution in [0.15, 0.2) is 75.3 Å². The van der Waals surface area contributed by atoms with Crippen LogP contribution in [0.4, 0.5) is 0 Å². The van der Waals surface area contributed by atoms with E-state index in [9.17, 15) is 19.8 Å². The second-order valence-electron chi connectivity index (χ2n) is 6.94. The number of aliphatic hydroxyl groups excluding tert-OH is 1. The molecule has 0 aliphatic carbocycles. The number of benzene rings is 2. The van der Waals surface area contributed by atoms with Crippen LogP contribution in [0.1, 0.15) is 22.9 Å². The van der Waals surface area contributed by atoms with Crippen molar-refractivity contribution in [2.45, 2.75) is 12.6 Å². The zero-order chi connectivity index (χ0) is 22.1. The number of ketones is 1. The van der Waals surface area contributed by atoms with E-state index in [1.54, 1.807) is 42.5 Å². The minimum absolute atomic E-state index is 0.0303. The maximum Gasteiger partial charge on any atom is 0.296 e. The molecule has 1 amide bonds. The van der Waals surface area contributed by atoms with Crippen molar-refractivity contribution in [2.24, 2.45) is 0 Å². The molecule has 31 heavy (non-hydrogen) atoms. The summed E-state index contributed by atoms with van der Waals surface area (Å²) in [6.45, 7) is 0.0303. The third-order valence-corrected chi connectivity index (χ3v) is 5.61. The summed E-state index contributed by atoms with van der Waals surface area (Å²) in [6.07, 6.45) is 1.48. The molecule has 0 radical (unpaired) electrons. The smallest absolute Gasteiger partial charge is 0.296 e. The molecule has 1 atom stereocenters. The Morgan fingerprint density at radius 2 is 1.90 bits per heavy atom. The first-order valence-corrected chi connectivity index (χ1v) is 10.1. The molecule has 3 aromatic rings. The van der Waals surface area contributed by atoms with Crippen LogP contribution in [0.3, 0.4) is 0 Å². The van der Waals surface area contributed by atoms with Gasteiger partial charge in [-0.2, -0.15) is 0 Å². The lowest BCUT2D eigenvalue weighted by atomic mass is 9.95. The van der Waals surface area contributed by atoms with Gasteiger partial charge in [0.15, 0.2) is 11.5 Å². The number of aliphatic hydroxyl groups is 1. The Morgan fingerprint density at radius 3 is 2.55 bits per heavy atom. The number of likely N-dealkylation sites (tertiary alicyclic amines) is 1. The number of ether oxygens (including phenoxy) is 1. The van der Waals surface area contributed by atoms with Gasteiger partial charge in [0.05, 0.1) is 31.5 Å². The molecule has 1 aromatic heterocycles. The molecule has 1 aliphatic rings. The van der Waals surface area contributed by atoms with Gasteiger partial charge in [-0.25, -0.2) is 0 Å². The topological polar surface area (TPSA) is 100 Å². The summed E-state index contributed by atoms with van der Waals surface area (Å²) >= 11 is 3.34. The molecular weight excluding hydrogens is 466 g/mol. The van der Waals surface area contributed by atoms with Gasteiger partial charge in [-0.15, -0.1) is 0 Å². The van der Waals surface area contributed by atoms with Crippen molar-refractivity contribution < 1.29 is 29.0 Å². The van der Waals surface area contributed by atoms with Gasteiger partial charge in [-0.05, 0) is 42.0 Å². The third-order valence-electron chi connectivity index (χ3n) is 5.08. The Kier molecular flexibility index (Phi) is 5.56. The van der Waals surface area contributed by atoms with E-state index in [1.807, 2.05) is 0 Å². The fraction of sp³-hybridized carbons (Fsp3) is 0.130. The zero-order valence-electron chi connectivity index (χ0n) is 16.4. The second kappa shape index (κ2) is 8.31. The predicted molar refractivity (Wildman–Crippen MR) is 115 cm³/mol. The lowest BCUT2D eigenvalue weighted by Crippen LogP contribution is -2.29. The van der Waals surface area contributed by atoms with Crippen LogP contribution in [0.25, 0.3) is 5.76 Å². The summed E-state index contributed by atoms with van der Waals surface area (Å²) in [5.41, 5.74) is 0.848. The third kappa shape index (κ3) is 3.82. The number of amides is 1. The van der Waals surface area contributed by atoms with Crippen molar-refractivity contribution in [3.63, 3.8) is 0 Å². The van der Waals surface area contributed by atoms with E-state index in [-0.39, 0.29) is 29.4 Å². The van der Waals surface area contributed by atoms with Crippen LogP contribution in [-0.2, 0) is 16.1 Å². The number of methoxy groups -OCH3 is 1. The molecule has 1 saturated heterocycles. The molecule has 0 bridgehead atoms. The van der Waals surface area contributed by atoms with Crippen molar-refractivity contribution in [1.82, 2.24) is 4.90 Å². The van der Waals surface area contributed by atoms with Crippen LogP contribution >= 0.6 is 15.9 Å². The van der Waals surface area contributed by atoms with Crippen molar-refractivity contribution in [3.05, 3.63) is 87.8 Å². The number of Topliss-reactive ketones (excluding diaryl/α,β-unsaturated/α-hetero) is 1. The van der Waals surface area contributed by atoms with Gasteiger partial charge in [-0.1, -0.05) is 34.1 Å². The summed E-state index contributed by atoms with van der Waals surface area (Å²) in [6, 6.07) is 13.8. The fourth-order valence-corrected chi connectivity index (χ4v) is 3.85. The van der Waals surface area contributed by atoms with Crippen LogP contribution in [0.2, 0.25) is 0 Å². The van der Waals surface area contributed by atoms with Crippen molar-refractivity contribution in [3.8, 4) is 11.5 Å². The van der Waals surface area contributed by atoms with Gasteiger partial charge in [0.2, 0.25) is 0 Å². The number of carbonyl (C=O) groups is 2. The Hall–Kier alpha value is -3.52. The molecule has 2 heterocycles. The Morgan fingerprint density at radius 1 is 1.16 bits per heavy atom. The van der Waals surface area contributed by atoms with Crippen LogP contribution in [0, 0.1) is 0 Å². The summed E-state index contributed by atoms with van der Waals surface area (Å²) in [5.74, 6) is -1.26. The van der Waals surface area contributed by atoms with Gasteiger partial charge in [0, 0.05) is 10.0 Å². The van der Waals surface area contributed by atoms with E-state index >= 15 is 0 Å². The molecule has 7 nitrogen and oxygen atoms in total. The first-order valence-electron chi connectivity index (χ1n) is 9.34. The summed E-state index contributed by atoms with van der Waals surface area (Å²) in [4.78, 5) is 27.3. The molecule has 158 valence electrons. The molecule has 1 fully saturated rings. The Labute approximate surface area is 186 Å². The highest BCUT2D eigenvalue weighted by atomic mass is 79.9. The summed E-state index contributed by atoms with van der Waals surface area (Å²) < 4.78 is 11.4. The van der Waals surface area contributed by atoms with E-state index in [4.69, 9.17) is 9.15 Å². The number of halogens is 1. The number of hydrogen-bond acceptors (Lipinski definition) is 6. The first-order chi connectivity index (χ1) is 14.9. The quantitative estimate of drug-likeness (QED) is 0.317. The number of phenolic OH excluding ortho intramolecular Hbond substituents is 1. The van der Waals surface area contributed by atoms with Gasteiger partial charge in [0.1, 0.15) is 11.5 Å². The molecule has 2 N–H and O–H groups in total. The number of rotatable bonds is 5. The number of hydrogen-bond donors (Lipinski definition) is 2. The minimum Gasteiger partial charge on any atom is -0.507 e. The first kappa shape index (κ1) is 20.7. The van der Waals surface area contributed by atoms with Gasteiger partial charge in [0.25, 0.3) is 11.7 Å². The molecule has 0 spiro atoms. The monoisotopic (exact) mass is 483 g/mol. The molecule has 4 rings (SSSR count). The number of phenols is 1. The fourth-order valence-electron chi connectivity index (χ4n) is 3.59. The van der Waals surface area contributed by atoms with Crippen molar-refractivity contribution >= 4 is 33.4 Å². The zero-order valence-corrected chi connectivity index (χ0v) is 18.0. The maximum absolute atomic E-state index is 13.0. The highest BCUT2D eigenvalue weighted by Crippen LogP contribution is 2.42. The Bertz CT molecular complexity index is 1170. The second-order valence-corrected chi connectivity index (χ2v) is 7.86. The lowest BCUT2D eigenvalue weighted by Gasteiger charge is -2.25. The van der Waals surface area contributed by atoms with Gasteiger partial charge in [-0.3, -0.25) is 9.59 Å². The molecule has 2 aromatic carbocycles. The largest absolute Gasteiger partial charge is 0.507 e. The average molecular weight is 484 g/mol. The number of aromatic hydroxyl groups is 1. The average Bonchev–Trinajstić information content (AvgIpc) is 3.37. The van der Waals surface area contributed by atoms with Crippen molar-refractivity contribution in [2.75, 3.05) is 7.11 Å². The highest BCUT2D eigenvalue weighted by molar-refractivity contribution is 9.10. The SMILES string of the molecule is COc1cc(C2C(=C(O)c3ccc(Br)cc3)C(=O)C(=O)N2Cc2ccco2)ccc1O. The van der Waals surface area contributed by atoms with Gasteiger partial charge >= 0.3 is 0 Å². The molecule has 8 heteroatoms. The van der Waals surface area contributed by atoms with E-state index in [0.717, 1.165) is 4.47 Å². The summed E-state index contributed by atoms with van der Waals surface area (Å²) in [7, 11) is 1.40. The minimum atomic E-state index is -0.900. The number of nitrogens with zero attached hydrogens (tertiary/aromatic N) is 1. The van der Waals surface area contributed by atoms with E-state index < -0.39 is 17.7 Å². The Balaban J connectivity index is 1.89. The standard InChI is InChI=1S/C23H18BrNO6/c1-30-18-11-14(6-9-17(18)26)20-19(21(27)13-4-7-15(24)8-5-13)22(28)23(29)25(20)12-16-3-2-10-31-16/h2-11,20,26-27H,12H2,1H3. The molecule has 1 aliphatic heterocycles. The lowest BCUT2D eigenvalue weighted by molar-refractivity contribution is -0.140. The van der Waals surface area contributed by atoms with Crippen LogP contribution in [-0.4, -0.2) is 33.9 Å². The highest BCUT2D eigenvalue weighted by Gasteiger charge is 2.46. The molecule has 0 saturated carbocycles. The van der Waals surface area contributed by atoms with E-state index in [2.05, 4.69) is 15.9 Å². The summed E-state index contributed by atoms with van der Waals surface area (Å²) in [5, 5.41) is 21.0. The van der Waals surface area contributed by atoms with Crippen LogP contribution in [0.5, 0.6) is 11.5 Å². The predicted octanol–water partition coefficient (Wildman–Crippen LogP) is 4.38. The van der Waals surface area contributed by atoms with E-state index in [1.165, 1.54) is 30.4 Å². The molecule has 1 unspecified atom stereocenters. The molecular formula is C23H18BrNO6. The normalized spacial score (nSPS) is 17.9. The van der Waals surface area contributed by atoms with Gasteiger partial charge < -0.3 is 24.3 Å². The maximum atomic E-state index is 13.0.